The molecular formula is C12H15NO3. The molecule has 4 heteroatoms. The summed E-state index contributed by atoms with van der Waals surface area (Å²) < 4.78 is 9.97. The summed E-state index contributed by atoms with van der Waals surface area (Å²) in [6.07, 6.45) is 0.913. The Kier molecular flexibility index (Phi) is 3.10. The molecule has 0 radical (unpaired) electrons. The monoisotopic (exact) mass is 221 g/mol. The quantitative estimate of drug-likeness (QED) is 0.760. The van der Waals surface area contributed by atoms with Gasteiger partial charge >= 0.3 is 5.97 Å². The van der Waals surface area contributed by atoms with Crippen LogP contribution in [0.25, 0.3) is 0 Å². The molecule has 0 saturated heterocycles. The van der Waals surface area contributed by atoms with E-state index in [1.54, 1.807) is 13.2 Å². The van der Waals surface area contributed by atoms with E-state index in [-0.39, 0.29) is 5.97 Å². The Morgan fingerprint density at radius 3 is 2.88 bits per heavy atom. The van der Waals surface area contributed by atoms with Crippen LogP contribution < -0.4 is 10.1 Å². The van der Waals surface area contributed by atoms with E-state index in [1.165, 1.54) is 12.7 Å². The van der Waals surface area contributed by atoms with Crippen LogP contribution in [-0.2, 0) is 17.7 Å². The molecule has 1 aliphatic heterocycles. The van der Waals surface area contributed by atoms with E-state index in [0.717, 1.165) is 18.5 Å². The molecule has 4 nitrogen and oxygen atoms in total. The van der Waals surface area contributed by atoms with Gasteiger partial charge in [-0.05, 0) is 36.2 Å². The number of carbonyl (C=O) groups excluding carboxylic acids is 1. The van der Waals surface area contributed by atoms with Gasteiger partial charge in [-0.25, -0.2) is 4.79 Å². The Morgan fingerprint density at radius 1 is 1.38 bits per heavy atom. The summed E-state index contributed by atoms with van der Waals surface area (Å²) in [5.74, 6) is 0.403. The molecule has 1 aromatic rings. The van der Waals surface area contributed by atoms with Crippen molar-refractivity contribution in [2.75, 3.05) is 20.8 Å². The third kappa shape index (κ3) is 1.88. The number of carbonyl (C=O) groups is 1. The highest BCUT2D eigenvalue weighted by Gasteiger charge is 2.19. The molecule has 0 spiro atoms. The number of ether oxygens (including phenoxy) is 2. The van der Waals surface area contributed by atoms with Crippen LogP contribution in [0.15, 0.2) is 12.1 Å². The Balaban J connectivity index is 2.51. The summed E-state index contributed by atoms with van der Waals surface area (Å²) in [7, 11) is 2.99. The second kappa shape index (κ2) is 4.53. The molecule has 0 aliphatic carbocycles. The van der Waals surface area contributed by atoms with Crippen molar-refractivity contribution in [2.24, 2.45) is 0 Å². The normalized spacial score (nSPS) is 14.1. The van der Waals surface area contributed by atoms with E-state index < -0.39 is 0 Å². The van der Waals surface area contributed by atoms with Gasteiger partial charge in [-0.2, -0.15) is 0 Å². The Hall–Kier alpha value is -1.55. The van der Waals surface area contributed by atoms with Crippen LogP contribution in [0.1, 0.15) is 21.5 Å². The molecule has 1 aliphatic rings. The number of benzene rings is 1. The van der Waals surface area contributed by atoms with Gasteiger partial charge in [-0.15, -0.1) is 0 Å². The third-order valence-corrected chi connectivity index (χ3v) is 2.83. The molecule has 0 amide bonds. The predicted molar refractivity (Wildman–Crippen MR) is 59.7 cm³/mol. The average molecular weight is 221 g/mol. The summed E-state index contributed by atoms with van der Waals surface area (Å²) in [4.78, 5) is 11.6. The number of fused-ring (bicyclic) bond motifs is 1. The maximum Gasteiger partial charge on any atom is 0.338 e. The maximum atomic E-state index is 11.6. The molecule has 1 heterocycles. The Morgan fingerprint density at radius 2 is 2.19 bits per heavy atom. The van der Waals surface area contributed by atoms with Crippen molar-refractivity contribution >= 4 is 5.97 Å². The Labute approximate surface area is 94.6 Å². The third-order valence-electron chi connectivity index (χ3n) is 2.83. The largest absolute Gasteiger partial charge is 0.497 e. The zero-order valence-corrected chi connectivity index (χ0v) is 9.50. The number of hydrogen-bond acceptors (Lipinski definition) is 4. The van der Waals surface area contributed by atoms with E-state index in [0.29, 0.717) is 17.9 Å². The van der Waals surface area contributed by atoms with Gasteiger partial charge in [-0.3, -0.25) is 0 Å². The van der Waals surface area contributed by atoms with Crippen molar-refractivity contribution in [2.45, 2.75) is 13.0 Å². The first-order chi connectivity index (χ1) is 7.76. The highest BCUT2D eigenvalue weighted by molar-refractivity contribution is 5.92. The summed E-state index contributed by atoms with van der Waals surface area (Å²) in [5.41, 5.74) is 2.79. The van der Waals surface area contributed by atoms with Crippen molar-refractivity contribution in [3.05, 3.63) is 28.8 Å². The smallest absolute Gasteiger partial charge is 0.338 e. The minimum absolute atomic E-state index is 0.307. The van der Waals surface area contributed by atoms with Crippen LogP contribution in [0, 0.1) is 0 Å². The lowest BCUT2D eigenvalue weighted by molar-refractivity contribution is 0.0598. The predicted octanol–water partition coefficient (Wildman–Crippen LogP) is 1.13. The summed E-state index contributed by atoms with van der Waals surface area (Å²) in [6, 6.07) is 3.72. The average Bonchev–Trinajstić information content (AvgIpc) is 2.36. The molecule has 0 bridgehead atoms. The highest BCUT2D eigenvalue weighted by Crippen LogP contribution is 2.25. The molecule has 1 aromatic carbocycles. The maximum absolute atomic E-state index is 11.6. The molecule has 0 fully saturated rings. The van der Waals surface area contributed by atoms with Crippen molar-refractivity contribution in [1.82, 2.24) is 5.32 Å². The fourth-order valence-electron chi connectivity index (χ4n) is 1.98. The Bertz CT molecular complexity index is 415. The zero-order valence-electron chi connectivity index (χ0n) is 9.50. The molecule has 0 aromatic heterocycles. The first kappa shape index (κ1) is 11.0. The van der Waals surface area contributed by atoms with Crippen molar-refractivity contribution in [3.63, 3.8) is 0 Å². The number of hydrogen-bond donors (Lipinski definition) is 1. The van der Waals surface area contributed by atoms with Gasteiger partial charge in [0.05, 0.1) is 19.8 Å². The molecule has 2 rings (SSSR count). The lowest BCUT2D eigenvalue weighted by atomic mass is 9.95. The molecule has 86 valence electrons. The van der Waals surface area contributed by atoms with Gasteiger partial charge in [0.15, 0.2) is 0 Å². The second-order valence-corrected chi connectivity index (χ2v) is 3.73. The van der Waals surface area contributed by atoms with E-state index in [1.807, 2.05) is 6.07 Å². The van der Waals surface area contributed by atoms with E-state index in [4.69, 9.17) is 9.47 Å². The molecule has 0 unspecified atom stereocenters. The number of nitrogens with one attached hydrogen (secondary N) is 1. The van der Waals surface area contributed by atoms with Crippen molar-refractivity contribution in [1.29, 1.82) is 0 Å². The van der Waals surface area contributed by atoms with Crippen molar-refractivity contribution in [3.8, 4) is 5.75 Å². The minimum atomic E-state index is -0.307. The minimum Gasteiger partial charge on any atom is -0.497 e. The SMILES string of the molecule is COC(=O)c1cc(OC)cc2c1CNCC2. The van der Waals surface area contributed by atoms with Gasteiger partial charge in [0, 0.05) is 6.54 Å². The number of rotatable bonds is 2. The molecule has 1 N–H and O–H groups in total. The fourth-order valence-corrected chi connectivity index (χ4v) is 1.98. The van der Waals surface area contributed by atoms with Crippen LogP contribution >= 0.6 is 0 Å². The van der Waals surface area contributed by atoms with Crippen LogP contribution in [-0.4, -0.2) is 26.7 Å². The van der Waals surface area contributed by atoms with Gasteiger partial charge in [-0.1, -0.05) is 0 Å². The van der Waals surface area contributed by atoms with Crippen LogP contribution in [0.5, 0.6) is 5.75 Å². The topological polar surface area (TPSA) is 47.6 Å². The van der Waals surface area contributed by atoms with Crippen LogP contribution in [0.2, 0.25) is 0 Å². The molecule has 0 atom stereocenters. The summed E-state index contributed by atoms with van der Waals surface area (Å²) >= 11 is 0. The van der Waals surface area contributed by atoms with E-state index >= 15 is 0 Å². The van der Waals surface area contributed by atoms with Gasteiger partial charge in [0.25, 0.3) is 0 Å². The lowest BCUT2D eigenvalue weighted by Crippen LogP contribution is -2.26. The standard InChI is InChI=1S/C12H15NO3/c1-15-9-5-8-3-4-13-7-11(8)10(6-9)12(14)16-2/h5-6,13H,3-4,7H2,1-2H3. The van der Waals surface area contributed by atoms with Gasteiger partial charge < -0.3 is 14.8 Å². The zero-order chi connectivity index (χ0) is 11.5. The van der Waals surface area contributed by atoms with Crippen molar-refractivity contribution < 1.29 is 14.3 Å². The lowest BCUT2D eigenvalue weighted by Gasteiger charge is -2.20. The second-order valence-electron chi connectivity index (χ2n) is 3.73. The molecule has 16 heavy (non-hydrogen) atoms. The fraction of sp³-hybridized carbons (Fsp3) is 0.417. The molecular weight excluding hydrogens is 206 g/mol. The van der Waals surface area contributed by atoms with E-state index in [2.05, 4.69) is 5.32 Å². The first-order valence-electron chi connectivity index (χ1n) is 5.25. The highest BCUT2D eigenvalue weighted by atomic mass is 16.5. The van der Waals surface area contributed by atoms with Crippen LogP contribution in [0.4, 0.5) is 0 Å². The summed E-state index contributed by atoms with van der Waals surface area (Å²) in [5, 5.41) is 3.25. The van der Waals surface area contributed by atoms with Crippen LogP contribution in [0.3, 0.4) is 0 Å². The summed E-state index contributed by atoms with van der Waals surface area (Å²) in [6.45, 7) is 1.64. The number of methoxy groups -OCH3 is 2. The van der Waals surface area contributed by atoms with Gasteiger partial charge in [0.1, 0.15) is 5.75 Å². The van der Waals surface area contributed by atoms with E-state index in [9.17, 15) is 4.79 Å². The first-order valence-corrected chi connectivity index (χ1v) is 5.25. The molecule has 0 saturated carbocycles. The van der Waals surface area contributed by atoms with Gasteiger partial charge in [0.2, 0.25) is 0 Å². The number of esters is 1.